The lowest BCUT2D eigenvalue weighted by Crippen LogP contribution is -2.55. The number of nitrogens with one attached hydrogen (secondary N) is 1. The van der Waals surface area contributed by atoms with E-state index < -0.39 is 46.5 Å². The Hall–Kier alpha value is -3.74. The molecule has 37 heavy (non-hydrogen) atoms. The van der Waals surface area contributed by atoms with Crippen LogP contribution in [0.15, 0.2) is 6.07 Å². The van der Waals surface area contributed by atoms with Gasteiger partial charge in [0.1, 0.15) is 23.4 Å². The Bertz CT molecular complexity index is 1400. The molecular formula is C24H26F4N6O3. The number of carbonyl (C=O) groups is 1. The Morgan fingerprint density at radius 2 is 1.84 bits per heavy atom. The Balaban J connectivity index is 2.03. The minimum absolute atomic E-state index is 0.0126. The standard InChI is InChI=1S/C24H26F4N6O3/c1-10-11(2)32-21(34-7-6-30-14(9-34)23(35)37-5)17-16(10)19(25)20(33-22(17)36-4)13-8-15(29)31-12(3)18(13)24(26,27)28/h8,14,30H,6-7,9H2,1-5H3,(H2,29,31). The molecule has 13 heteroatoms. The summed E-state index contributed by atoms with van der Waals surface area (Å²) in [7, 11) is 2.56. The summed E-state index contributed by atoms with van der Waals surface area (Å²) in [5.41, 5.74) is 3.96. The molecule has 3 aromatic heterocycles. The van der Waals surface area contributed by atoms with Gasteiger partial charge in [-0.15, -0.1) is 0 Å². The van der Waals surface area contributed by atoms with Crippen LogP contribution in [0.25, 0.3) is 22.0 Å². The number of halogens is 4. The number of anilines is 2. The molecule has 4 heterocycles. The van der Waals surface area contributed by atoms with Gasteiger partial charge in [0, 0.05) is 36.3 Å². The molecule has 0 amide bonds. The normalized spacial score (nSPS) is 16.2. The first-order valence-corrected chi connectivity index (χ1v) is 11.3. The zero-order chi connectivity index (χ0) is 27.2. The quantitative estimate of drug-likeness (QED) is 0.393. The van der Waals surface area contributed by atoms with Crippen LogP contribution >= 0.6 is 0 Å². The number of carbonyl (C=O) groups excluding carboxylic acids is 1. The maximum atomic E-state index is 16.3. The fourth-order valence-electron chi connectivity index (χ4n) is 4.62. The number of nitrogens with zero attached hydrogens (tertiary/aromatic N) is 4. The second-order valence-electron chi connectivity index (χ2n) is 8.71. The minimum Gasteiger partial charge on any atom is -0.480 e. The number of nitrogens with two attached hydrogens (primary N) is 1. The second kappa shape index (κ2) is 9.61. The van der Waals surface area contributed by atoms with E-state index in [4.69, 9.17) is 15.2 Å². The van der Waals surface area contributed by atoms with Gasteiger partial charge in [-0.2, -0.15) is 13.2 Å². The van der Waals surface area contributed by atoms with Gasteiger partial charge in [-0.1, -0.05) is 0 Å². The monoisotopic (exact) mass is 522 g/mol. The molecule has 1 saturated heterocycles. The molecule has 4 rings (SSSR count). The van der Waals surface area contributed by atoms with E-state index in [0.29, 0.717) is 30.2 Å². The van der Waals surface area contributed by atoms with Crippen molar-refractivity contribution in [2.75, 3.05) is 44.5 Å². The first-order valence-electron chi connectivity index (χ1n) is 11.3. The van der Waals surface area contributed by atoms with Crippen molar-refractivity contribution < 1.29 is 31.8 Å². The van der Waals surface area contributed by atoms with Crippen molar-refractivity contribution in [1.29, 1.82) is 0 Å². The molecule has 0 aliphatic carbocycles. The second-order valence-corrected chi connectivity index (χ2v) is 8.71. The van der Waals surface area contributed by atoms with Crippen LogP contribution in [0.4, 0.5) is 29.2 Å². The van der Waals surface area contributed by atoms with E-state index in [0.717, 1.165) is 13.0 Å². The fourth-order valence-corrected chi connectivity index (χ4v) is 4.62. The van der Waals surface area contributed by atoms with Gasteiger partial charge in [-0.05, 0) is 32.4 Å². The van der Waals surface area contributed by atoms with E-state index >= 15 is 4.39 Å². The third-order valence-corrected chi connectivity index (χ3v) is 6.43. The Kier molecular flexibility index (Phi) is 6.84. The number of fused-ring (bicyclic) bond motifs is 1. The average molecular weight is 523 g/mol. The highest BCUT2D eigenvalue weighted by atomic mass is 19.4. The van der Waals surface area contributed by atoms with Crippen LogP contribution in [0.1, 0.15) is 22.5 Å². The summed E-state index contributed by atoms with van der Waals surface area (Å²) in [4.78, 5) is 26.4. The van der Waals surface area contributed by atoms with Crippen LogP contribution < -0.4 is 20.7 Å². The van der Waals surface area contributed by atoms with Crippen molar-refractivity contribution in [3.63, 3.8) is 0 Å². The van der Waals surface area contributed by atoms with E-state index in [2.05, 4.69) is 20.3 Å². The largest absolute Gasteiger partial charge is 0.480 e. The van der Waals surface area contributed by atoms with Gasteiger partial charge >= 0.3 is 12.1 Å². The molecule has 0 saturated carbocycles. The maximum Gasteiger partial charge on any atom is 0.418 e. The number of ether oxygens (including phenoxy) is 2. The van der Waals surface area contributed by atoms with Gasteiger partial charge in [0.25, 0.3) is 0 Å². The molecule has 1 unspecified atom stereocenters. The molecule has 9 nitrogen and oxygen atoms in total. The van der Waals surface area contributed by atoms with E-state index in [-0.39, 0.29) is 29.0 Å². The van der Waals surface area contributed by atoms with E-state index in [1.807, 2.05) is 0 Å². The van der Waals surface area contributed by atoms with Gasteiger partial charge in [-0.3, -0.25) is 4.79 Å². The molecule has 1 aliphatic heterocycles. The molecule has 1 aliphatic rings. The molecule has 1 fully saturated rings. The van der Waals surface area contributed by atoms with Crippen molar-refractivity contribution in [2.45, 2.75) is 33.0 Å². The molecule has 0 radical (unpaired) electrons. The van der Waals surface area contributed by atoms with Crippen LogP contribution in [-0.2, 0) is 15.7 Å². The van der Waals surface area contributed by atoms with Crippen molar-refractivity contribution in [2.24, 2.45) is 0 Å². The van der Waals surface area contributed by atoms with E-state index in [1.165, 1.54) is 14.2 Å². The van der Waals surface area contributed by atoms with Crippen LogP contribution in [-0.4, -0.2) is 60.8 Å². The van der Waals surface area contributed by atoms with Crippen LogP contribution in [0.2, 0.25) is 0 Å². The SMILES string of the molecule is COC(=O)C1CN(c2nc(C)c(C)c3c(F)c(-c4cc(N)nc(C)c4C(F)(F)F)nc(OC)c23)CCN1. The highest BCUT2D eigenvalue weighted by molar-refractivity contribution is 6.01. The van der Waals surface area contributed by atoms with Crippen molar-refractivity contribution >= 4 is 28.4 Å². The first-order chi connectivity index (χ1) is 17.4. The zero-order valence-corrected chi connectivity index (χ0v) is 20.9. The summed E-state index contributed by atoms with van der Waals surface area (Å²) in [6.45, 7) is 5.44. The summed E-state index contributed by atoms with van der Waals surface area (Å²) in [5, 5.41) is 3.25. The number of hydrogen-bond donors (Lipinski definition) is 2. The minimum atomic E-state index is -4.84. The zero-order valence-electron chi connectivity index (χ0n) is 20.9. The highest BCUT2D eigenvalue weighted by Gasteiger charge is 2.39. The van der Waals surface area contributed by atoms with Crippen molar-refractivity contribution in [3.8, 4) is 17.1 Å². The number of methoxy groups -OCH3 is 2. The van der Waals surface area contributed by atoms with Crippen LogP contribution in [0, 0.1) is 26.6 Å². The van der Waals surface area contributed by atoms with E-state index in [9.17, 15) is 18.0 Å². The topological polar surface area (TPSA) is 115 Å². The molecule has 0 aromatic carbocycles. The molecule has 3 N–H and O–H groups in total. The number of rotatable bonds is 4. The number of aromatic nitrogens is 3. The number of nitrogen functional groups attached to an aromatic ring is 1. The van der Waals surface area contributed by atoms with Crippen molar-refractivity contribution in [3.05, 3.63) is 34.4 Å². The van der Waals surface area contributed by atoms with Crippen LogP contribution in [0.3, 0.4) is 0 Å². The third-order valence-electron chi connectivity index (χ3n) is 6.43. The van der Waals surface area contributed by atoms with Gasteiger partial charge < -0.3 is 25.4 Å². The predicted molar refractivity (Wildman–Crippen MR) is 129 cm³/mol. The highest BCUT2D eigenvalue weighted by Crippen LogP contribution is 2.44. The van der Waals surface area contributed by atoms with Gasteiger partial charge in [0.05, 0.1) is 30.9 Å². The molecule has 0 spiro atoms. The molecule has 3 aromatic rings. The number of alkyl halides is 3. The lowest BCUT2D eigenvalue weighted by molar-refractivity contribution is -0.143. The third kappa shape index (κ3) is 4.59. The number of pyridine rings is 3. The van der Waals surface area contributed by atoms with Crippen LogP contribution in [0.5, 0.6) is 5.88 Å². The first kappa shape index (κ1) is 26.3. The summed E-state index contributed by atoms with van der Waals surface area (Å²) in [6.07, 6.45) is -4.84. The molecule has 0 bridgehead atoms. The summed E-state index contributed by atoms with van der Waals surface area (Å²) in [5.74, 6) is -1.48. The molecular weight excluding hydrogens is 496 g/mol. The number of aryl methyl sites for hydroxylation is 3. The van der Waals surface area contributed by atoms with Gasteiger partial charge in [0.2, 0.25) is 5.88 Å². The Morgan fingerprint density at radius 3 is 2.46 bits per heavy atom. The van der Waals surface area contributed by atoms with E-state index in [1.54, 1.807) is 18.7 Å². The van der Waals surface area contributed by atoms with Gasteiger partial charge in [-0.25, -0.2) is 19.3 Å². The molecule has 198 valence electrons. The van der Waals surface area contributed by atoms with Crippen molar-refractivity contribution in [1.82, 2.24) is 20.3 Å². The molecule has 1 atom stereocenters. The Morgan fingerprint density at radius 1 is 1.14 bits per heavy atom. The number of piperazine rings is 1. The summed E-state index contributed by atoms with van der Waals surface area (Å²) >= 11 is 0. The maximum absolute atomic E-state index is 16.3. The lowest BCUT2D eigenvalue weighted by atomic mass is 9.98. The number of esters is 1. The smallest absolute Gasteiger partial charge is 0.418 e. The summed E-state index contributed by atoms with van der Waals surface area (Å²) < 4.78 is 68.6. The summed E-state index contributed by atoms with van der Waals surface area (Å²) in [6, 6.07) is 0.297. The Labute approximate surface area is 210 Å². The number of hydrogen-bond acceptors (Lipinski definition) is 9. The van der Waals surface area contributed by atoms with Gasteiger partial charge in [0.15, 0.2) is 5.82 Å². The predicted octanol–water partition coefficient (Wildman–Crippen LogP) is 3.32. The average Bonchev–Trinajstić information content (AvgIpc) is 2.84. The lowest BCUT2D eigenvalue weighted by Gasteiger charge is -2.34. The fraction of sp³-hybridized carbons (Fsp3) is 0.417.